The predicted octanol–water partition coefficient (Wildman–Crippen LogP) is 7.45. The van der Waals surface area contributed by atoms with Crippen LogP contribution in [0.2, 0.25) is 5.02 Å². The number of aromatic nitrogens is 1. The first-order valence-electron chi connectivity index (χ1n) is 12.1. The van der Waals surface area contributed by atoms with E-state index in [9.17, 15) is 9.59 Å². The largest absolute Gasteiger partial charge is 0.466 e. The molecule has 1 unspecified atom stereocenters. The number of nitrogens with zero attached hydrogens (tertiary/aromatic N) is 1. The van der Waals surface area contributed by atoms with Crippen LogP contribution in [-0.2, 0) is 20.9 Å². The highest BCUT2D eigenvalue weighted by atomic mass is 35.5. The highest BCUT2D eigenvalue weighted by Crippen LogP contribution is 2.19. The Hall–Kier alpha value is -2.92. The first-order valence-corrected chi connectivity index (χ1v) is 12.4. The lowest BCUT2D eigenvalue weighted by Crippen LogP contribution is -2.19. The van der Waals surface area contributed by atoms with Crippen molar-refractivity contribution in [2.75, 3.05) is 6.61 Å². The summed E-state index contributed by atoms with van der Waals surface area (Å²) in [6.45, 7) is 16.1. The second kappa shape index (κ2) is 18.4. The van der Waals surface area contributed by atoms with E-state index in [0.29, 0.717) is 19.1 Å². The van der Waals surface area contributed by atoms with Gasteiger partial charge in [-0.3, -0.25) is 14.6 Å². The zero-order valence-corrected chi connectivity index (χ0v) is 23.2. The quantitative estimate of drug-likeness (QED) is 0.369. The van der Waals surface area contributed by atoms with Gasteiger partial charge in [-0.1, -0.05) is 88.2 Å². The third-order valence-corrected chi connectivity index (χ3v) is 5.38. The number of carbonyl (C=O) groups excluding carboxylic acids is 2. The van der Waals surface area contributed by atoms with Crippen LogP contribution in [0.25, 0.3) is 10.8 Å². The Morgan fingerprint density at radius 2 is 1.66 bits per heavy atom. The number of ether oxygens (including phenoxy) is 1. The lowest BCUT2D eigenvalue weighted by Gasteiger charge is -2.06. The van der Waals surface area contributed by atoms with E-state index in [1.54, 1.807) is 0 Å². The molecule has 0 radical (unpaired) electrons. The summed E-state index contributed by atoms with van der Waals surface area (Å²) < 4.78 is 4.76. The molecule has 2 aromatic carbocycles. The number of nitrogens with one attached hydrogen (secondary N) is 1. The van der Waals surface area contributed by atoms with Crippen molar-refractivity contribution in [3.05, 3.63) is 76.6 Å². The molecule has 35 heavy (non-hydrogen) atoms. The molecule has 1 aromatic heterocycles. The first kappa shape index (κ1) is 32.1. The molecule has 0 bridgehead atoms. The van der Waals surface area contributed by atoms with Gasteiger partial charge in [0.2, 0.25) is 5.91 Å². The lowest BCUT2D eigenvalue weighted by atomic mass is 10.1. The fourth-order valence-corrected chi connectivity index (χ4v) is 2.83. The Labute approximate surface area is 216 Å². The van der Waals surface area contributed by atoms with Gasteiger partial charge in [0.15, 0.2) is 0 Å². The van der Waals surface area contributed by atoms with Crippen molar-refractivity contribution in [2.45, 2.75) is 68.4 Å². The van der Waals surface area contributed by atoms with Crippen LogP contribution in [0, 0.1) is 19.8 Å². The zero-order chi connectivity index (χ0) is 26.8. The Bertz CT molecular complexity index is 1040. The number of hydrogen-bond acceptors (Lipinski definition) is 4. The molecular weight excluding hydrogens is 460 g/mol. The van der Waals surface area contributed by atoms with Crippen molar-refractivity contribution in [2.24, 2.45) is 5.92 Å². The molecule has 192 valence electrons. The molecule has 0 aliphatic heterocycles. The van der Waals surface area contributed by atoms with Crippen LogP contribution < -0.4 is 5.32 Å². The molecule has 5 nitrogen and oxygen atoms in total. The lowest BCUT2D eigenvalue weighted by molar-refractivity contribution is -0.142. The standard InChI is InChI=1S/C10H12ClNO.C10H9N.C7H14O2.C2H6/c1-7-4-3-5-9(10(7)11)6-12-8(2)13;1-8-6-9-4-2-3-5-10(9)7-11-8;1-4-6(2)5-9-7(3)8;1-2/h3-5H,6H2,1-2H3,(H,12,13);2-7H,1H3;6H,4-5H2,1-3H3;1-2H3. The Morgan fingerprint density at radius 3 is 2.23 bits per heavy atom. The van der Waals surface area contributed by atoms with Crippen molar-refractivity contribution in [1.82, 2.24) is 10.3 Å². The molecule has 3 rings (SSSR count). The van der Waals surface area contributed by atoms with E-state index in [4.69, 9.17) is 16.3 Å². The van der Waals surface area contributed by atoms with Gasteiger partial charge < -0.3 is 10.1 Å². The highest BCUT2D eigenvalue weighted by Gasteiger charge is 2.02. The van der Waals surface area contributed by atoms with Crippen molar-refractivity contribution >= 4 is 34.2 Å². The maximum atomic E-state index is 10.7. The van der Waals surface area contributed by atoms with Gasteiger partial charge in [0.25, 0.3) is 0 Å². The van der Waals surface area contributed by atoms with Crippen molar-refractivity contribution in [3.63, 3.8) is 0 Å². The maximum Gasteiger partial charge on any atom is 0.302 e. The van der Waals surface area contributed by atoms with Crippen LogP contribution >= 0.6 is 11.6 Å². The smallest absolute Gasteiger partial charge is 0.302 e. The molecule has 6 heteroatoms. The minimum atomic E-state index is -0.185. The highest BCUT2D eigenvalue weighted by molar-refractivity contribution is 6.32. The van der Waals surface area contributed by atoms with Gasteiger partial charge >= 0.3 is 5.97 Å². The Balaban J connectivity index is 0.000000486. The van der Waals surface area contributed by atoms with Crippen LogP contribution in [-0.4, -0.2) is 23.5 Å². The van der Waals surface area contributed by atoms with Gasteiger partial charge in [0, 0.05) is 42.7 Å². The third kappa shape index (κ3) is 14.2. The second-order valence-electron chi connectivity index (χ2n) is 7.95. The predicted molar refractivity (Wildman–Crippen MR) is 148 cm³/mol. The number of rotatable bonds is 5. The zero-order valence-electron chi connectivity index (χ0n) is 22.4. The van der Waals surface area contributed by atoms with Gasteiger partial charge in [-0.05, 0) is 42.3 Å². The SMILES string of the molecule is CC.CC(=O)NCc1cccc(C)c1Cl.CCC(C)COC(C)=O.Cc1cc2ccccc2cn1. The molecule has 0 fully saturated rings. The molecule has 1 atom stereocenters. The van der Waals surface area contributed by atoms with E-state index in [1.807, 2.05) is 64.2 Å². The first-order chi connectivity index (χ1) is 16.6. The number of esters is 1. The minimum absolute atomic E-state index is 0.0439. The summed E-state index contributed by atoms with van der Waals surface area (Å²) in [5.74, 6) is 0.266. The van der Waals surface area contributed by atoms with E-state index in [2.05, 4.69) is 42.3 Å². The molecule has 1 heterocycles. The summed E-state index contributed by atoms with van der Waals surface area (Å²) in [6, 6.07) is 16.1. The van der Waals surface area contributed by atoms with Crippen molar-refractivity contribution < 1.29 is 14.3 Å². The van der Waals surface area contributed by atoms with E-state index in [-0.39, 0.29) is 11.9 Å². The molecule has 0 aliphatic carbocycles. The molecule has 3 aromatic rings. The minimum Gasteiger partial charge on any atom is -0.466 e. The van der Waals surface area contributed by atoms with Gasteiger partial charge in [-0.15, -0.1) is 0 Å². The summed E-state index contributed by atoms with van der Waals surface area (Å²) in [4.78, 5) is 25.1. The van der Waals surface area contributed by atoms with Gasteiger partial charge in [-0.25, -0.2) is 0 Å². The number of fused-ring (bicyclic) bond motifs is 1. The second-order valence-corrected chi connectivity index (χ2v) is 8.32. The summed E-state index contributed by atoms with van der Waals surface area (Å²) >= 11 is 6.03. The summed E-state index contributed by atoms with van der Waals surface area (Å²) in [7, 11) is 0. The van der Waals surface area contributed by atoms with E-state index < -0.39 is 0 Å². The number of pyridine rings is 1. The van der Waals surface area contributed by atoms with Gasteiger partial charge in [0.05, 0.1) is 6.61 Å². The summed E-state index contributed by atoms with van der Waals surface area (Å²) in [6.07, 6.45) is 2.97. The number of halogens is 1. The fourth-order valence-electron chi connectivity index (χ4n) is 2.64. The normalized spacial score (nSPS) is 10.3. The molecule has 0 aliphatic rings. The molecule has 0 saturated heterocycles. The number of benzene rings is 2. The third-order valence-electron chi connectivity index (χ3n) is 4.84. The molecule has 0 saturated carbocycles. The monoisotopic (exact) mass is 500 g/mol. The number of hydrogen-bond donors (Lipinski definition) is 1. The van der Waals surface area contributed by atoms with Crippen LogP contribution in [0.1, 0.15) is 64.8 Å². The Morgan fingerprint density at radius 1 is 1.03 bits per heavy atom. The van der Waals surface area contributed by atoms with Gasteiger partial charge in [0.1, 0.15) is 0 Å². The molecule has 0 spiro atoms. The van der Waals surface area contributed by atoms with Crippen molar-refractivity contribution in [1.29, 1.82) is 0 Å². The van der Waals surface area contributed by atoms with E-state index in [1.165, 1.54) is 24.6 Å². The average Bonchev–Trinajstić information content (AvgIpc) is 2.85. The number of amides is 1. The summed E-state index contributed by atoms with van der Waals surface area (Å²) in [5.41, 5.74) is 3.06. The number of aryl methyl sites for hydroxylation is 2. The maximum absolute atomic E-state index is 10.7. The topological polar surface area (TPSA) is 68.3 Å². The van der Waals surface area contributed by atoms with Crippen LogP contribution in [0.4, 0.5) is 0 Å². The van der Waals surface area contributed by atoms with E-state index in [0.717, 1.165) is 28.3 Å². The molecular formula is C29H41ClN2O3. The number of carbonyl (C=O) groups is 2. The van der Waals surface area contributed by atoms with Crippen LogP contribution in [0.3, 0.4) is 0 Å². The van der Waals surface area contributed by atoms with Crippen LogP contribution in [0.15, 0.2) is 54.7 Å². The van der Waals surface area contributed by atoms with Crippen molar-refractivity contribution in [3.8, 4) is 0 Å². The fraction of sp³-hybridized carbons (Fsp3) is 0.414. The molecule has 1 N–H and O–H groups in total. The summed E-state index contributed by atoms with van der Waals surface area (Å²) in [5, 5.41) is 5.91. The van der Waals surface area contributed by atoms with Gasteiger partial charge in [-0.2, -0.15) is 0 Å². The van der Waals surface area contributed by atoms with E-state index >= 15 is 0 Å². The molecule has 1 amide bonds. The Kier molecular flexibility index (Phi) is 16.9. The average molecular weight is 501 g/mol. The van der Waals surface area contributed by atoms with Crippen LogP contribution in [0.5, 0.6) is 0 Å².